The van der Waals surface area contributed by atoms with Gasteiger partial charge in [-0.05, 0) is 32.0 Å². The Morgan fingerprint density at radius 1 is 1.35 bits per heavy atom. The lowest BCUT2D eigenvalue weighted by atomic mass is 10.0. The fourth-order valence-corrected chi connectivity index (χ4v) is 2.06. The Kier molecular flexibility index (Phi) is 4.63. The van der Waals surface area contributed by atoms with Crippen LogP contribution in [0.4, 0.5) is 13.2 Å². The van der Waals surface area contributed by atoms with Crippen molar-refractivity contribution >= 4 is 5.97 Å². The normalized spacial score (nSPS) is 11.4. The van der Waals surface area contributed by atoms with Crippen LogP contribution in [0, 0.1) is 6.92 Å². The van der Waals surface area contributed by atoms with Crippen molar-refractivity contribution < 1.29 is 32.0 Å². The van der Waals surface area contributed by atoms with Crippen LogP contribution in [0.3, 0.4) is 0 Å². The monoisotopic (exact) mass is 329 g/mol. The molecule has 8 heteroatoms. The average molecular weight is 329 g/mol. The Labute approximate surface area is 130 Å². The van der Waals surface area contributed by atoms with E-state index in [0.717, 1.165) is 12.1 Å². The van der Waals surface area contributed by atoms with Gasteiger partial charge in [-0.1, -0.05) is 5.16 Å². The van der Waals surface area contributed by atoms with Crippen molar-refractivity contribution in [1.82, 2.24) is 5.16 Å². The van der Waals surface area contributed by atoms with Crippen molar-refractivity contribution in [2.45, 2.75) is 20.0 Å². The molecular weight excluding hydrogens is 315 g/mol. The average Bonchev–Trinajstić information content (AvgIpc) is 2.87. The van der Waals surface area contributed by atoms with Crippen LogP contribution >= 0.6 is 0 Å². The molecule has 1 heterocycles. The highest BCUT2D eigenvalue weighted by molar-refractivity contribution is 5.97. The second-order valence-electron chi connectivity index (χ2n) is 4.60. The molecule has 23 heavy (non-hydrogen) atoms. The number of alkyl halides is 3. The lowest BCUT2D eigenvalue weighted by Crippen LogP contribution is -2.08. The van der Waals surface area contributed by atoms with Crippen molar-refractivity contribution in [3.63, 3.8) is 0 Å². The van der Waals surface area contributed by atoms with E-state index in [-0.39, 0.29) is 34.9 Å². The zero-order valence-corrected chi connectivity index (χ0v) is 12.7. The lowest BCUT2D eigenvalue weighted by Gasteiger charge is -2.12. The number of rotatable bonds is 4. The maximum absolute atomic E-state index is 12.8. The van der Waals surface area contributed by atoms with E-state index in [1.807, 2.05) is 0 Å². The van der Waals surface area contributed by atoms with Gasteiger partial charge in [0.25, 0.3) is 0 Å². The van der Waals surface area contributed by atoms with Gasteiger partial charge in [-0.25, -0.2) is 4.79 Å². The standard InChI is InChI=1S/C15H14F3NO4/c1-4-22-14(20)12-8(2)23-19-13(12)10-6-5-9(15(16,17)18)7-11(10)21-3/h5-7H,4H2,1-3H3. The number of carbonyl (C=O) groups is 1. The fourth-order valence-electron chi connectivity index (χ4n) is 2.06. The van der Waals surface area contributed by atoms with E-state index >= 15 is 0 Å². The van der Waals surface area contributed by atoms with Gasteiger partial charge in [0.15, 0.2) is 0 Å². The van der Waals surface area contributed by atoms with E-state index < -0.39 is 17.7 Å². The van der Waals surface area contributed by atoms with Crippen LogP contribution in [-0.4, -0.2) is 24.8 Å². The largest absolute Gasteiger partial charge is 0.496 e. The Morgan fingerprint density at radius 3 is 2.61 bits per heavy atom. The van der Waals surface area contributed by atoms with Crippen LogP contribution in [-0.2, 0) is 10.9 Å². The molecule has 5 nitrogen and oxygen atoms in total. The van der Waals surface area contributed by atoms with Crippen molar-refractivity contribution in [2.24, 2.45) is 0 Å². The third-order valence-electron chi connectivity index (χ3n) is 3.13. The van der Waals surface area contributed by atoms with E-state index in [0.29, 0.717) is 0 Å². The Morgan fingerprint density at radius 2 is 2.04 bits per heavy atom. The Bertz CT molecular complexity index is 722. The van der Waals surface area contributed by atoms with Crippen molar-refractivity contribution in [3.8, 4) is 17.0 Å². The molecule has 0 saturated carbocycles. The first kappa shape index (κ1) is 16.9. The number of carbonyl (C=O) groups excluding carboxylic acids is 1. The third-order valence-corrected chi connectivity index (χ3v) is 3.13. The van der Waals surface area contributed by atoms with Crippen LogP contribution in [0.5, 0.6) is 5.75 Å². The minimum Gasteiger partial charge on any atom is -0.496 e. The molecule has 0 saturated heterocycles. The summed E-state index contributed by atoms with van der Waals surface area (Å²) >= 11 is 0. The minimum atomic E-state index is -4.50. The Hall–Kier alpha value is -2.51. The van der Waals surface area contributed by atoms with E-state index in [1.54, 1.807) is 6.92 Å². The number of methoxy groups -OCH3 is 1. The summed E-state index contributed by atoms with van der Waals surface area (Å²) < 4.78 is 53.3. The number of ether oxygens (including phenoxy) is 2. The van der Waals surface area contributed by atoms with Gasteiger partial charge in [0.05, 0.1) is 19.3 Å². The smallest absolute Gasteiger partial charge is 0.416 e. The quantitative estimate of drug-likeness (QED) is 0.797. The predicted octanol–water partition coefficient (Wildman–Crippen LogP) is 3.85. The molecule has 0 aliphatic heterocycles. The van der Waals surface area contributed by atoms with Crippen LogP contribution in [0.25, 0.3) is 11.3 Å². The van der Waals surface area contributed by atoms with Gasteiger partial charge in [-0.15, -0.1) is 0 Å². The minimum absolute atomic E-state index is 0.0601. The summed E-state index contributed by atoms with van der Waals surface area (Å²) in [6.07, 6.45) is -4.50. The first-order valence-electron chi connectivity index (χ1n) is 6.68. The summed E-state index contributed by atoms with van der Waals surface area (Å²) in [5.41, 5.74) is -0.521. The number of benzene rings is 1. The number of halogens is 3. The SMILES string of the molecule is CCOC(=O)c1c(-c2ccc(C(F)(F)F)cc2OC)noc1C. The van der Waals surface area contributed by atoms with E-state index in [1.165, 1.54) is 20.1 Å². The number of esters is 1. The molecule has 2 rings (SSSR count). The molecule has 0 unspecified atom stereocenters. The second kappa shape index (κ2) is 6.31. The fraction of sp³-hybridized carbons (Fsp3) is 0.333. The molecule has 0 aliphatic carbocycles. The van der Waals surface area contributed by atoms with Crippen LogP contribution in [0.1, 0.15) is 28.6 Å². The van der Waals surface area contributed by atoms with E-state index in [2.05, 4.69) is 5.16 Å². The summed E-state index contributed by atoms with van der Waals surface area (Å²) in [5.74, 6) is -0.526. The first-order chi connectivity index (χ1) is 10.8. The molecule has 0 N–H and O–H groups in total. The summed E-state index contributed by atoms with van der Waals surface area (Å²) in [7, 11) is 1.23. The zero-order valence-electron chi connectivity index (χ0n) is 12.7. The molecule has 0 spiro atoms. The van der Waals surface area contributed by atoms with Crippen LogP contribution in [0.15, 0.2) is 22.7 Å². The first-order valence-corrected chi connectivity index (χ1v) is 6.68. The molecule has 1 aromatic carbocycles. The maximum Gasteiger partial charge on any atom is 0.416 e. The molecular formula is C15H14F3NO4. The molecule has 0 atom stereocenters. The van der Waals surface area contributed by atoms with E-state index in [4.69, 9.17) is 14.0 Å². The highest BCUT2D eigenvalue weighted by Crippen LogP contribution is 2.38. The summed E-state index contributed by atoms with van der Waals surface area (Å²) in [6.45, 7) is 3.30. The molecule has 124 valence electrons. The van der Waals surface area contributed by atoms with Gasteiger partial charge in [-0.2, -0.15) is 13.2 Å². The maximum atomic E-state index is 12.8. The van der Waals surface area contributed by atoms with Gasteiger partial charge < -0.3 is 14.0 Å². The summed E-state index contributed by atoms with van der Waals surface area (Å²) in [5, 5.41) is 3.75. The summed E-state index contributed by atoms with van der Waals surface area (Å²) in [4.78, 5) is 12.0. The molecule has 0 fully saturated rings. The third kappa shape index (κ3) is 3.30. The molecule has 0 bridgehead atoms. The number of nitrogens with zero attached hydrogens (tertiary/aromatic N) is 1. The van der Waals surface area contributed by atoms with Gasteiger partial charge >= 0.3 is 12.1 Å². The summed E-state index contributed by atoms with van der Waals surface area (Å²) in [6, 6.07) is 2.91. The Balaban J connectivity index is 2.57. The molecule has 2 aromatic rings. The lowest BCUT2D eigenvalue weighted by molar-refractivity contribution is -0.137. The van der Waals surface area contributed by atoms with Crippen molar-refractivity contribution in [3.05, 3.63) is 35.1 Å². The van der Waals surface area contributed by atoms with Gasteiger partial charge in [-0.3, -0.25) is 0 Å². The van der Waals surface area contributed by atoms with Gasteiger partial charge in [0.2, 0.25) is 0 Å². The number of aromatic nitrogens is 1. The van der Waals surface area contributed by atoms with Crippen molar-refractivity contribution in [2.75, 3.05) is 13.7 Å². The highest BCUT2D eigenvalue weighted by Gasteiger charge is 2.32. The number of hydrogen-bond donors (Lipinski definition) is 0. The predicted molar refractivity (Wildman–Crippen MR) is 74.2 cm³/mol. The molecule has 0 aliphatic rings. The molecule has 1 aromatic heterocycles. The number of hydrogen-bond acceptors (Lipinski definition) is 5. The van der Waals surface area contributed by atoms with Gasteiger partial charge in [0.1, 0.15) is 22.8 Å². The van der Waals surface area contributed by atoms with Gasteiger partial charge in [0, 0.05) is 5.56 Å². The van der Waals surface area contributed by atoms with E-state index in [9.17, 15) is 18.0 Å². The van der Waals surface area contributed by atoms with Crippen LogP contribution in [0.2, 0.25) is 0 Å². The van der Waals surface area contributed by atoms with Crippen molar-refractivity contribution in [1.29, 1.82) is 0 Å². The topological polar surface area (TPSA) is 61.6 Å². The van der Waals surface area contributed by atoms with Crippen LogP contribution < -0.4 is 4.74 Å². The molecule has 0 amide bonds. The molecule has 0 radical (unpaired) electrons. The second-order valence-corrected chi connectivity index (χ2v) is 4.60. The number of aryl methyl sites for hydroxylation is 1. The zero-order chi connectivity index (χ0) is 17.2. The highest BCUT2D eigenvalue weighted by atomic mass is 19.4.